The molecule has 0 radical (unpaired) electrons. The molecule has 1 fully saturated rings. The van der Waals surface area contributed by atoms with Crippen molar-refractivity contribution in [2.24, 2.45) is 0 Å². The molecule has 3 nitrogen and oxygen atoms in total. The van der Waals surface area contributed by atoms with Crippen molar-refractivity contribution in [1.29, 1.82) is 5.39 Å². The van der Waals surface area contributed by atoms with Crippen LogP contribution in [0.25, 0.3) is 4.98 Å². The van der Waals surface area contributed by atoms with Crippen molar-refractivity contribution in [3.8, 4) is 5.75 Å². The first-order valence-electron chi connectivity index (χ1n) is 5.87. The topological polar surface area (TPSA) is 37.4 Å². The number of halogens is 4. The maximum absolute atomic E-state index is 9.75. The van der Waals surface area contributed by atoms with Crippen LogP contribution in [-0.4, -0.2) is 13.4 Å². The van der Waals surface area contributed by atoms with Crippen LogP contribution in [0.2, 0.25) is 0 Å². The smallest absolute Gasteiger partial charge is 0.490 e. The molecular formula is C11H13BF4N2O. The molecule has 8 heteroatoms. The van der Waals surface area contributed by atoms with Gasteiger partial charge in [0.05, 0.1) is 6.10 Å². The van der Waals surface area contributed by atoms with Gasteiger partial charge < -0.3 is 22.0 Å². The van der Waals surface area contributed by atoms with Gasteiger partial charge in [-0.3, -0.25) is 0 Å². The molecule has 0 aromatic heterocycles. The van der Waals surface area contributed by atoms with Crippen LogP contribution in [0.4, 0.5) is 23.0 Å². The van der Waals surface area contributed by atoms with E-state index in [1.807, 2.05) is 12.1 Å². The molecule has 19 heavy (non-hydrogen) atoms. The summed E-state index contributed by atoms with van der Waals surface area (Å²) in [6.07, 6.45) is 5.24. The van der Waals surface area contributed by atoms with Crippen molar-refractivity contribution in [3.05, 3.63) is 29.2 Å². The Kier molecular flexibility index (Phi) is 5.61. The highest BCUT2D eigenvalue weighted by atomic mass is 19.5. The lowest BCUT2D eigenvalue weighted by molar-refractivity contribution is 0.210. The highest BCUT2D eigenvalue weighted by Gasteiger charge is 2.20. The van der Waals surface area contributed by atoms with Gasteiger partial charge in [0.2, 0.25) is 5.39 Å². The van der Waals surface area contributed by atoms with E-state index in [1.54, 1.807) is 12.1 Å². The minimum Gasteiger partial charge on any atom is -0.490 e. The largest absolute Gasteiger partial charge is 0.673 e. The normalized spacial score (nSPS) is 15.3. The van der Waals surface area contributed by atoms with Gasteiger partial charge in [0.25, 0.3) is 0 Å². The highest BCUT2D eigenvalue weighted by molar-refractivity contribution is 6.50. The molecule has 0 aliphatic heterocycles. The zero-order valence-corrected chi connectivity index (χ0v) is 10.1. The molecule has 0 spiro atoms. The zero-order chi connectivity index (χ0) is 14.3. The first-order chi connectivity index (χ1) is 8.88. The molecule has 0 saturated heterocycles. The summed E-state index contributed by atoms with van der Waals surface area (Å²) < 4.78 is 44.8. The van der Waals surface area contributed by atoms with Crippen molar-refractivity contribution in [2.45, 2.75) is 31.8 Å². The van der Waals surface area contributed by atoms with Crippen molar-refractivity contribution in [3.63, 3.8) is 0 Å². The molecule has 0 amide bonds. The van der Waals surface area contributed by atoms with Gasteiger partial charge in [0.15, 0.2) is 4.98 Å². The summed E-state index contributed by atoms with van der Waals surface area (Å²) in [5.41, 5.74) is 0.559. The van der Waals surface area contributed by atoms with E-state index in [1.165, 1.54) is 12.8 Å². The highest BCUT2D eigenvalue weighted by Crippen LogP contribution is 2.25. The second-order valence-corrected chi connectivity index (χ2v) is 4.11. The summed E-state index contributed by atoms with van der Waals surface area (Å²) >= 11 is 0. The molecule has 0 unspecified atom stereocenters. The Morgan fingerprint density at radius 3 is 1.95 bits per heavy atom. The second-order valence-electron chi connectivity index (χ2n) is 4.11. The molecule has 0 atom stereocenters. The number of hydrogen-bond acceptors (Lipinski definition) is 2. The van der Waals surface area contributed by atoms with Gasteiger partial charge in [0.1, 0.15) is 5.75 Å². The minimum absolute atomic E-state index is 0.381. The monoisotopic (exact) mass is 276 g/mol. The first kappa shape index (κ1) is 15.3. The number of diazo groups is 1. The molecule has 1 aromatic carbocycles. The van der Waals surface area contributed by atoms with Crippen LogP contribution in [0.1, 0.15) is 25.7 Å². The molecule has 1 aliphatic carbocycles. The maximum Gasteiger partial charge on any atom is 0.673 e. The molecule has 0 N–H and O–H groups in total. The molecule has 1 aliphatic rings. The van der Waals surface area contributed by atoms with Gasteiger partial charge in [-0.2, -0.15) is 0 Å². The van der Waals surface area contributed by atoms with Crippen LogP contribution < -0.4 is 4.74 Å². The Balaban J connectivity index is 0.000000312. The van der Waals surface area contributed by atoms with Crippen LogP contribution in [0.5, 0.6) is 5.75 Å². The predicted octanol–water partition coefficient (Wildman–Crippen LogP) is 4.79. The van der Waals surface area contributed by atoms with Gasteiger partial charge in [-0.15, -0.1) is 0 Å². The van der Waals surface area contributed by atoms with E-state index in [4.69, 9.17) is 10.1 Å². The molecule has 0 bridgehead atoms. The van der Waals surface area contributed by atoms with E-state index in [2.05, 4.69) is 4.98 Å². The van der Waals surface area contributed by atoms with Crippen molar-refractivity contribution < 1.29 is 22.0 Å². The SMILES string of the molecule is F[B-](F)(F)F.N#[N+]c1ccc(OC2CCCC2)cc1. The van der Waals surface area contributed by atoms with Crippen LogP contribution in [-0.2, 0) is 0 Å². The van der Waals surface area contributed by atoms with E-state index in [0.717, 1.165) is 18.6 Å². The van der Waals surface area contributed by atoms with E-state index in [0.29, 0.717) is 11.8 Å². The molecule has 1 saturated carbocycles. The Bertz CT molecular complexity index is 418. The Labute approximate surface area is 108 Å². The van der Waals surface area contributed by atoms with Crippen molar-refractivity contribution in [1.82, 2.24) is 0 Å². The zero-order valence-electron chi connectivity index (χ0n) is 10.1. The summed E-state index contributed by atoms with van der Waals surface area (Å²) in [6.45, 7) is 0. The maximum atomic E-state index is 9.75. The Morgan fingerprint density at radius 2 is 1.53 bits per heavy atom. The van der Waals surface area contributed by atoms with Gasteiger partial charge >= 0.3 is 12.9 Å². The fourth-order valence-electron chi connectivity index (χ4n) is 1.79. The second kappa shape index (κ2) is 6.97. The number of rotatable bonds is 2. The van der Waals surface area contributed by atoms with Crippen molar-refractivity contribution in [2.75, 3.05) is 0 Å². The van der Waals surface area contributed by atoms with Gasteiger partial charge in [-0.25, -0.2) is 0 Å². The Hall–Kier alpha value is -1.78. The van der Waals surface area contributed by atoms with E-state index in [-0.39, 0.29) is 0 Å². The van der Waals surface area contributed by atoms with Crippen LogP contribution >= 0.6 is 0 Å². The van der Waals surface area contributed by atoms with E-state index < -0.39 is 7.25 Å². The van der Waals surface area contributed by atoms with Crippen LogP contribution in [0.15, 0.2) is 24.3 Å². The lowest BCUT2D eigenvalue weighted by Crippen LogP contribution is -2.10. The van der Waals surface area contributed by atoms with Crippen LogP contribution in [0.3, 0.4) is 0 Å². The number of ether oxygens (including phenoxy) is 1. The summed E-state index contributed by atoms with van der Waals surface area (Å²) in [6, 6.07) is 7.16. The molecule has 0 heterocycles. The van der Waals surface area contributed by atoms with Gasteiger partial charge in [-0.05, 0) is 37.8 Å². The standard InChI is InChI=1S/C11H13N2O.BF4/c12-13-9-5-7-11(8-6-9)14-10-3-1-2-4-10;2-1(3,4)5/h5-8,10H,1-4H2;/q+1;-1. The fraction of sp³-hybridized carbons (Fsp3) is 0.455. The molecule has 1 aromatic rings. The Morgan fingerprint density at radius 1 is 1.05 bits per heavy atom. The lowest BCUT2D eigenvalue weighted by atomic mass is 10.3. The van der Waals surface area contributed by atoms with Crippen LogP contribution in [0, 0.1) is 5.39 Å². The molecule has 2 rings (SSSR count). The quantitative estimate of drug-likeness (QED) is 0.442. The van der Waals surface area contributed by atoms with Crippen molar-refractivity contribution >= 4 is 12.9 Å². The average Bonchev–Trinajstić information content (AvgIpc) is 2.81. The third kappa shape index (κ3) is 7.29. The number of benzene rings is 1. The lowest BCUT2D eigenvalue weighted by Gasteiger charge is -2.11. The summed E-state index contributed by atoms with van der Waals surface area (Å²) in [5, 5.41) is 8.50. The molecular weight excluding hydrogens is 263 g/mol. The van der Waals surface area contributed by atoms with Gasteiger partial charge in [-0.1, -0.05) is 0 Å². The summed E-state index contributed by atoms with van der Waals surface area (Å²) in [4.78, 5) is 3.09. The summed E-state index contributed by atoms with van der Waals surface area (Å²) in [5.74, 6) is 0.865. The van der Waals surface area contributed by atoms with E-state index >= 15 is 0 Å². The minimum atomic E-state index is -6.00. The molecule has 104 valence electrons. The predicted molar refractivity (Wildman–Crippen MR) is 64.3 cm³/mol. The van der Waals surface area contributed by atoms with Gasteiger partial charge in [0, 0.05) is 12.1 Å². The average molecular weight is 276 g/mol. The number of nitrogens with zero attached hydrogens (tertiary/aromatic N) is 2. The third-order valence-electron chi connectivity index (χ3n) is 2.56. The fourth-order valence-corrected chi connectivity index (χ4v) is 1.79. The van der Waals surface area contributed by atoms with E-state index in [9.17, 15) is 17.3 Å². The third-order valence-corrected chi connectivity index (χ3v) is 2.56. The number of hydrogen-bond donors (Lipinski definition) is 0. The first-order valence-corrected chi connectivity index (χ1v) is 5.87. The summed E-state index contributed by atoms with van der Waals surface area (Å²) in [7, 11) is -6.00.